The van der Waals surface area contributed by atoms with Crippen LogP contribution in [0.4, 0.5) is 34.1 Å². The Bertz CT molecular complexity index is 5760. The average molecular weight is 1210 g/mol. The third-order valence-corrected chi connectivity index (χ3v) is 17.9. The summed E-state index contributed by atoms with van der Waals surface area (Å²) < 4.78 is 26.8. The summed E-state index contributed by atoms with van der Waals surface area (Å²) in [6.07, 6.45) is 0. The third kappa shape index (κ3) is 9.73. The lowest BCUT2D eigenvalue weighted by atomic mass is 9.97. The molecular weight excluding hydrogens is 1150 g/mol. The van der Waals surface area contributed by atoms with Crippen LogP contribution in [0.1, 0.15) is 0 Å². The van der Waals surface area contributed by atoms with Crippen LogP contribution in [-0.4, -0.2) is 9.97 Å². The van der Waals surface area contributed by atoms with Crippen LogP contribution in [0, 0.1) is 0 Å². The Morgan fingerprint density at radius 3 is 1.00 bits per heavy atom. The maximum atomic E-state index is 6.93. The zero-order valence-electron chi connectivity index (χ0n) is 50.6. The fourth-order valence-corrected chi connectivity index (χ4v) is 13.3. The van der Waals surface area contributed by atoms with Gasteiger partial charge in [-0.25, -0.2) is 9.97 Å². The zero-order valence-corrected chi connectivity index (χ0v) is 50.6. The molecule has 18 rings (SSSR count). The summed E-state index contributed by atoms with van der Waals surface area (Å²) in [4.78, 5) is 14.6. The second-order valence-electron chi connectivity index (χ2n) is 23.7. The second-order valence-corrected chi connectivity index (χ2v) is 23.7. The maximum Gasteiger partial charge on any atom is 0.227 e. The molecular formula is C86H54N4O4. The normalized spacial score (nSPS) is 11.6. The molecule has 0 unspecified atom stereocenters. The van der Waals surface area contributed by atoms with Gasteiger partial charge in [-0.15, -0.1) is 0 Å². The van der Waals surface area contributed by atoms with Crippen molar-refractivity contribution in [2.24, 2.45) is 0 Å². The number of hydrogen-bond acceptors (Lipinski definition) is 8. The number of oxazole rings is 2. The molecule has 0 aliphatic rings. The first-order valence-corrected chi connectivity index (χ1v) is 31.5. The van der Waals surface area contributed by atoms with Gasteiger partial charge in [-0.2, -0.15) is 0 Å². The molecule has 0 saturated heterocycles. The fraction of sp³-hybridized carbons (Fsp3) is 0. The Balaban J connectivity index is 0.656. The SMILES string of the molecule is c1ccc(-c2ccc(N(c3ccc(-c4ccccc4)cc3)c3cccc4c3oc3cc5oc(-c6cccc(-c7cccc(-c8ccc(N(c9cccc(-c%10ccccc%10)c9)c9cccc%10c9oc9cc%11oc(-c%12ccccc%12)nc%11cc9%10)cc8)c7)c6)nc5cc34)cc2)cc1. The molecule has 8 nitrogen and oxygen atoms in total. The number of benzene rings is 14. The summed E-state index contributed by atoms with van der Waals surface area (Å²) in [5.74, 6) is 1.11. The van der Waals surface area contributed by atoms with E-state index in [1.165, 1.54) is 11.1 Å². The van der Waals surface area contributed by atoms with E-state index in [-0.39, 0.29) is 0 Å². The molecule has 0 bridgehead atoms. The molecule has 14 aromatic carbocycles. The minimum Gasteiger partial charge on any atom is -0.454 e. The number of aromatic nitrogens is 2. The average Bonchev–Trinajstić information content (AvgIpc) is 1.57. The van der Waals surface area contributed by atoms with Crippen molar-refractivity contribution in [3.63, 3.8) is 0 Å². The standard InChI is InChI=1S/C86H54N4O4/c1-5-18-55(19-6-1)58-36-42-67(43-37-58)89(68-44-38-59(39-45-68)56-20-7-2-8-21-56)77-34-16-32-71-74-52-76-82(54-80(74)91-83(71)77)94-86(88-76)66-30-14-28-64(49-66)63-27-13-26-62(48-63)60-40-46-69(47-41-60)90(70-31-15-29-65(50-70)57-22-9-3-10-23-57)78-35-17-33-72-73-51-75-81(53-79(73)92-84(72)78)93-85(87-75)61-24-11-4-12-25-61/h1-54H. The summed E-state index contributed by atoms with van der Waals surface area (Å²) in [5.41, 5.74) is 24.6. The van der Waals surface area contributed by atoms with Crippen LogP contribution in [0.5, 0.6) is 0 Å². The summed E-state index contributed by atoms with van der Waals surface area (Å²) >= 11 is 0. The highest BCUT2D eigenvalue weighted by atomic mass is 16.4. The van der Waals surface area contributed by atoms with Crippen molar-refractivity contribution in [3.05, 3.63) is 328 Å². The fourth-order valence-electron chi connectivity index (χ4n) is 13.3. The summed E-state index contributed by atoms with van der Waals surface area (Å²) in [6.45, 7) is 0. The van der Waals surface area contributed by atoms with Crippen LogP contribution in [0.2, 0.25) is 0 Å². The summed E-state index contributed by atoms with van der Waals surface area (Å²) in [6, 6.07) is 114. The van der Waals surface area contributed by atoms with Crippen molar-refractivity contribution in [3.8, 4) is 78.5 Å². The van der Waals surface area contributed by atoms with Gasteiger partial charge in [-0.05, 0) is 159 Å². The number of furan rings is 2. The number of para-hydroxylation sites is 2. The van der Waals surface area contributed by atoms with E-state index < -0.39 is 0 Å². The minimum absolute atomic E-state index is 0.534. The first-order valence-electron chi connectivity index (χ1n) is 31.5. The smallest absolute Gasteiger partial charge is 0.227 e. The van der Waals surface area contributed by atoms with Gasteiger partial charge in [0, 0.05) is 67.6 Å². The van der Waals surface area contributed by atoms with E-state index in [9.17, 15) is 0 Å². The molecule has 94 heavy (non-hydrogen) atoms. The molecule has 0 aliphatic heterocycles. The van der Waals surface area contributed by atoms with E-state index in [0.717, 1.165) is 145 Å². The van der Waals surface area contributed by atoms with E-state index in [4.69, 9.17) is 27.6 Å². The highest BCUT2D eigenvalue weighted by Gasteiger charge is 2.24. The Morgan fingerprint density at radius 2 is 0.532 bits per heavy atom. The van der Waals surface area contributed by atoms with E-state index in [1.54, 1.807) is 0 Å². The Morgan fingerprint density at radius 1 is 0.202 bits per heavy atom. The zero-order chi connectivity index (χ0) is 62.1. The Labute approximate surface area is 540 Å². The molecule has 0 amide bonds. The maximum absolute atomic E-state index is 6.93. The first-order chi connectivity index (χ1) is 46.5. The lowest BCUT2D eigenvalue weighted by Crippen LogP contribution is -2.10. The van der Waals surface area contributed by atoms with Crippen LogP contribution in [-0.2, 0) is 0 Å². The molecule has 0 fully saturated rings. The van der Waals surface area contributed by atoms with Crippen molar-refractivity contribution >= 4 is 100 Å². The van der Waals surface area contributed by atoms with Crippen LogP contribution in [0.25, 0.3) is 145 Å². The monoisotopic (exact) mass is 1210 g/mol. The van der Waals surface area contributed by atoms with Crippen LogP contribution in [0.3, 0.4) is 0 Å². The lowest BCUT2D eigenvalue weighted by molar-refractivity contribution is 0.617. The molecule has 0 saturated carbocycles. The topological polar surface area (TPSA) is 84.8 Å². The van der Waals surface area contributed by atoms with Gasteiger partial charge in [-0.3, -0.25) is 0 Å². The van der Waals surface area contributed by atoms with E-state index in [1.807, 2.05) is 60.7 Å². The van der Waals surface area contributed by atoms with Crippen molar-refractivity contribution in [1.82, 2.24) is 9.97 Å². The quantitative estimate of drug-likeness (QED) is 0.113. The summed E-state index contributed by atoms with van der Waals surface area (Å²) in [5, 5.41) is 3.91. The van der Waals surface area contributed by atoms with Gasteiger partial charge in [0.2, 0.25) is 11.8 Å². The predicted molar refractivity (Wildman–Crippen MR) is 384 cm³/mol. The van der Waals surface area contributed by atoms with Gasteiger partial charge in [0.15, 0.2) is 22.3 Å². The highest BCUT2D eigenvalue weighted by Crippen LogP contribution is 2.47. The van der Waals surface area contributed by atoms with E-state index >= 15 is 0 Å². The number of hydrogen-bond donors (Lipinski definition) is 0. The van der Waals surface area contributed by atoms with Gasteiger partial charge in [0.1, 0.15) is 22.2 Å². The minimum atomic E-state index is 0.534. The molecule has 0 radical (unpaired) electrons. The molecule has 442 valence electrons. The molecule has 8 heteroatoms. The number of nitrogens with zero attached hydrogens (tertiary/aromatic N) is 4. The summed E-state index contributed by atoms with van der Waals surface area (Å²) in [7, 11) is 0. The Kier molecular flexibility index (Phi) is 13.0. The van der Waals surface area contributed by atoms with Crippen LogP contribution in [0.15, 0.2) is 345 Å². The number of rotatable bonds is 13. The van der Waals surface area contributed by atoms with Crippen molar-refractivity contribution in [2.45, 2.75) is 0 Å². The first kappa shape index (κ1) is 54.2. The molecule has 4 heterocycles. The Hall–Kier alpha value is -12.8. The largest absolute Gasteiger partial charge is 0.454 e. The third-order valence-electron chi connectivity index (χ3n) is 17.9. The highest BCUT2D eigenvalue weighted by molar-refractivity contribution is 6.14. The lowest BCUT2D eigenvalue weighted by Gasteiger charge is -2.26. The molecule has 0 aliphatic carbocycles. The van der Waals surface area contributed by atoms with Crippen molar-refractivity contribution in [1.29, 1.82) is 0 Å². The second kappa shape index (κ2) is 22.6. The van der Waals surface area contributed by atoms with Crippen molar-refractivity contribution < 1.29 is 17.7 Å². The van der Waals surface area contributed by atoms with Gasteiger partial charge in [-0.1, -0.05) is 212 Å². The van der Waals surface area contributed by atoms with Crippen LogP contribution >= 0.6 is 0 Å². The molecule has 18 aromatic rings. The molecule has 0 atom stereocenters. The van der Waals surface area contributed by atoms with Gasteiger partial charge < -0.3 is 27.5 Å². The van der Waals surface area contributed by atoms with Gasteiger partial charge in [0.05, 0.1) is 11.4 Å². The van der Waals surface area contributed by atoms with E-state index in [2.05, 4.69) is 277 Å². The molecule has 4 aromatic heterocycles. The number of fused-ring (bicyclic) bond motifs is 8. The van der Waals surface area contributed by atoms with Gasteiger partial charge in [0.25, 0.3) is 0 Å². The molecule has 0 N–H and O–H groups in total. The van der Waals surface area contributed by atoms with Gasteiger partial charge >= 0.3 is 0 Å². The molecule has 0 spiro atoms. The predicted octanol–water partition coefficient (Wildman–Crippen LogP) is 24.4. The van der Waals surface area contributed by atoms with Crippen LogP contribution < -0.4 is 9.80 Å². The van der Waals surface area contributed by atoms with Crippen molar-refractivity contribution in [2.75, 3.05) is 9.80 Å². The number of anilines is 6. The van der Waals surface area contributed by atoms with E-state index in [0.29, 0.717) is 22.9 Å².